The van der Waals surface area contributed by atoms with E-state index in [9.17, 15) is 4.79 Å². The molecule has 1 amide bonds. The van der Waals surface area contributed by atoms with Crippen LogP contribution in [0.4, 0.5) is 4.79 Å². The van der Waals surface area contributed by atoms with E-state index >= 15 is 0 Å². The molecule has 0 bridgehead atoms. The molecule has 0 aliphatic heterocycles. The molecule has 1 aliphatic carbocycles. The van der Waals surface area contributed by atoms with Crippen LogP contribution >= 0.6 is 0 Å². The first-order chi connectivity index (χ1) is 7.16. The van der Waals surface area contributed by atoms with Crippen LogP contribution in [0.1, 0.15) is 47.5 Å². The van der Waals surface area contributed by atoms with Crippen LogP contribution < -0.4 is 11.1 Å². The van der Waals surface area contributed by atoms with Gasteiger partial charge >= 0.3 is 6.09 Å². The Bertz CT molecular complexity index is 265. The minimum atomic E-state index is -0.456. The molecule has 4 heteroatoms. The molecule has 0 aromatic heterocycles. The van der Waals surface area contributed by atoms with E-state index in [4.69, 9.17) is 10.5 Å². The summed E-state index contributed by atoms with van der Waals surface area (Å²) in [5.74, 6) is 0.359. The first kappa shape index (κ1) is 13.3. The van der Waals surface area contributed by atoms with Crippen molar-refractivity contribution in [1.82, 2.24) is 5.32 Å². The van der Waals surface area contributed by atoms with Crippen molar-refractivity contribution in [3.05, 3.63) is 0 Å². The van der Waals surface area contributed by atoms with Crippen LogP contribution in [0.3, 0.4) is 0 Å². The molecule has 1 rings (SSSR count). The van der Waals surface area contributed by atoms with Crippen molar-refractivity contribution in [3.63, 3.8) is 0 Å². The van der Waals surface area contributed by atoms with E-state index in [0.29, 0.717) is 5.92 Å². The quantitative estimate of drug-likeness (QED) is 0.776. The fourth-order valence-electron chi connectivity index (χ4n) is 1.82. The van der Waals surface area contributed by atoms with Crippen molar-refractivity contribution in [2.45, 2.75) is 64.6 Å². The number of carbonyl (C=O) groups is 1. The third kappa shape index (κ3) is 3.37. The van der Waals surface area contributed by atoms with Gasteiger partial charge in [0.1, 0.15) is 5.60 Å². The lowest BCUT2D eigenvalue weighted by molar-refractivity contribution is 0.0481. The van der Waals surface area contributed by atoms with Gasteiger partial charge in [-0.3, -0.25) is 0 Å². The van der Waals surface area contributed by atoms with Crippen molar-refractivity contribution < 1.29 is 9.53 Å². The Balaban J connectivity index is 2.51. The number of hydrogen-bond acceptors (Lipinski definition) is 3. The summed E-state index contributed by atoms with van der Waals surface area (Å²) >= 11 is 0. The van der Waals surface area contributed by atoms with Crippen molar-refractivity contribution in [2.24, 2.45) is 11.7 Å². The average Bonchev–Trinajstić information content (AvgIpc) is 2.80. The Hall–Kier alpha value is -0.770. The Morgan fingerprint density at radius 3 is 2.19 bits per heavy atom. The monoisotopic (exact) mass is 228 g/mol. The first-order valence-corrected chi connectivity index (χ1v) is 5.93. The molecule has 0 saturated heterocycles. The maximum Gasteiger partial charge on any atom is 0.408 e. The summed E-state index contributed by atoms with van der Waals surface area (Å²) in [5.41, 5.74) is 5.42. The van der Waals surface area contributed by atoms with Crippen molar-refractivity contribution >= 4 is 6.09 Å². The van der Waals surface area contributed by atoms with E-state index in [1.54, 1.807) is 0 Å². The van der Waals surface area contributed by atoms with Gasteiger partial charge in [-0.1, -0.05) is 13.8 Å². The summed E-state index contributed by atoms with van der Waals surface area (Å²) in [6, 6.07) is 0.0000170. The lowest BCUT2D eigenvalue weighted by atomic mass is 9.95. The Morgan fingerprint density at radius 1 is 1.38 bits per heavy atom. The summed E-state index contributed by atoms with van der Waals surface area (Å²) in [7, 11) is 0. The minimum absolute atomic E-state index is 0.0000170. The van der Waals surface area contributed by atoms with Gasteiger partial charge in [0.2, 0.25) is 0 Å². The number of nitrogens with one attached hydrogen (secondary N) is 1. The second-order valence-electron chi connectivity index (χ2n) is 6.05. The number of hydrogen-bond donors (Lipinski definition) is 2. The summed E-state index contributed by atoms with van der Waals surface area (Å²) in [6.07, 6.45) is 1.54. The molecule has 3 N–H and O–H groups in total. The number of amides is 1. The van der Waals surface area contributed by atoms with Crippen molar-refractivity contribution in [2.75, 3.05) is 0 Å². The van der Waals surface area contributed by atoms with Crippen LogP contribution in [0.15, 0.2) is 0 Å². The minimum Gasteiger partial charge on any atom is -0.444 e. The van der Waals surface area contributed by atoms with Crippen LogP contribution in [0.25, 0.3) is 0 Å². The van der Waals surface area contributed by atoms with E-state index in [2.05, 4.69) is 19.2 Å². The second kappa shape index (κ2) is 4.24. The van der Waals surface area contributed by atoms with Crippen LogP contribution in [0, 0.1) is 5.92 Å². The molecule has 16 heavy (non-hydrogen) atoms. The molecule has 1 aliphatic rings. The highest BCUT2D eigenvalue weighted by molar-refractivity contribution is 5.69. The van der Waals surface area contributed by atoms with Gasteiger partial charge in [0.25, 0.3) is 0 Å². The summed E-state index contributed by atoms with van der Waals surface area (Å²) in [4.78, 5) is 11.7. The molecule has 1 saturated carbocycles. The summed E-state index contributed by atoms with van der Waals surface area (Å²) < 4.78 is 5.24. The molecule has 0 aromatic rings. The number of nitrogens with two attached hydrogens (primary N) is 1. The van der Waals surface area contributed by atoms with Crippen LogP contribution in [0.2, 0.25) is 0 Å². The van der Waals surface area contributed by atoms with Crippen molar-refractivity contribution in [3.8, 4) is 0 Å². The third-order valence-corrected chi connectivity index (χ3v) is 2.89. The molecule has 0 aromatic carbocycles. The normalized spacial score (nSPS) is 20.4. The number of ether oxygens (including phenoxy) is 1. The molecule has 4 nitrogen and oxygen atoms in total. The van der Waals surface area contributed by atoms with Crippen LogP contribution in [0.5, 0.6) is 0 Å². The Morgan fingerprint density at radius 2 is 1.88 bits per heavy atom. The van der Waals surface area contributed by atoms with Gasteiger partial charge in [0.15, 0.2) is 0 Å². The van der Waals surface area contributed by atoms with E-state index in [1.807, 2.05) is 20.8 Å². The van der Waals surface area contributed by atoms with E-state index in [-0.39, 0.29) is 17.7 Å². The molecular formula is C12H24N2O2. The summed E-state index contributed by atoms with van der Waals surface area (Å²) in [6.45, 7) is 9.71. The highest BCUT2D eigenvalue weighted by atomic mass is 16.6. The van der Waals surface area contributed by atoms with Gasteiger partial charge in [-0.15, -0.1) is 0 Å². The molecule has 94 valence electrons. The van der Waals surface area contributed by atoms with E-state index < -0.39 is 5.60 Å². The largest absolute Gasteiger partial charge is 0.444 e. The van der Waals surface area contributed by atoms with Crippen LogP contribution in [-0.4, -0.2) is 23.3 Å². The third-order valence-electron chi connectivity index (χ3n) is 2.89. The maximum absolute atomic E-state index is 11.7. The fraction of sp³-hybridized carbons (Fsp3) is 0.917. The van der Waals surface area contributed by atoms with Gasteiger partial charge in [0.05, 0.1) is 5.54 Å². The van der Waals surface area contributed by atoms with Gasteiger partial charge in [-0.2, -0.15) is 0 Å². The van der Waals surface area contributed by atoms with Crippen LogP contribution in [-0.2, 0) is 4.74 Å². The molecule has 0 radical (unpaired) electrons. The predicted octanol–water partition coefficient (Wildman–Crippen LogP) is 2.03. The Kier molecular flexibility index (Phi) is 3.53. The number of rotatable bonds is 3. The van der Waals surface area contributed by atoms with Gasteiger partial charge < -0.3 is 15.8 Å². The lowest BCUT2D eigenvalue weighted by Crippen LogP contribution is -2.53. The smallest absolute Gasteiger partial charge is 0.408 e. The van der Waals surface area contributed by atoms with Gasteiger partial charge in [-0.25, -0.2) is 4.79 Å². The van der Waals surface area contributed by atoms with E-state index in [1.165, 1.54) is 0 Å². The molecule has 0 spiro atoms. The molecule has 1 atom stereocenters. The second-order valence-corrected chi connectivity index (χ2v) is 6.05. The standard InChI is InChI=1S/C12H24N2O2/c1-8(2)9(13)12(6-7-12)14-10(15)16-11(3,4)5/h8-9H,6-7,13H2,1-5H3,(H,14,15). The maximum atomic E-state index is 11.7. The predicted molar refractivity (Wildman–Crippen MR) is 64.1 cm³/mol. The fourth-order valence-corrected chi connectivity index (χ4v) is 1.82. The zero-order valence-electron chi connectivity index (χ0n) is 11.0. The molecule has 0 heterocycles. The lowest BCUT2D eigenvalue weighted by Gasteiger charge is -2.29. The van der Waals surface area contributed by atoms with E-state index in [0.717, 1.165) is 12.8 Å². The zero-order valence-corrected chi connectivity index (χ0v) is 11.0. The topological polar surface area (TPSA) is 64.3 Å². The van der Waals surface area contributed by atoms with Crippen molar-refractivity contribution in [1.29, 1.82) is 0 Å². The highest BCUT2D eigenvalue weighted by Gasteiger charge is 2.50. The number of carbonyl (C=O) groups excluding carboxylic acids is 1. The van der Waals surface area contributed by atoms with Gasteiger partial charge in [0, 0.05) is 6.04 Å². The SMILES string of the molecule is CC(C)C(N)C1(NC(=O)OC(C)(C)C)CC1. The first-order valence-electron chi connectivity index (χ1n) is 5.93. The molecule has 1 unspecified atom stereocenters. The molecular weight excluding hydrogens is 204 g/mol. The number of alkyl carbamates (subject to hydrolysis) is 1. The Labute approximate surface area is 97.9 Å². The highest BCUT2D eigenvalue weighted by Crippen LogP contribution is 2.40. The summed E-state index contributed by atoms with van der Waals surface area (Å²) in [5, 5.41) is 2.92. The molecule has 1 fully saturated rings. The van der Waals surface area contributed by atoms with Gasteiger partial charge in [-0.05, 0) is 39.5 Å². The zero-order chi connectivity index (χ0) is 12.6. The average molecular weight is 228 g/mol.